The molecule has 0 N–H and O–H groups in total. The molecule has 0 saturated carbocycles. The summed E-state index contributed by atoms with van der Waals surface area (Å²) in [5.41, 5.74) is 2.56. The summed E-state index contributed by atoms with van der Waals surface area (Å²) in [5.74, 6) is 0.317. The lowest BCUT2D eigenvalue weighted by Crippen LogP contribution is -2.02. The van der Waals surface area contributed by atoms with Crippen LogP contribution in [0.3, 0.4) is 0 Å². The van der Waals surface area contributed by atoms with Gasteiger partial charge in [0, 0.05) is 29.2 Å². The molecule has 2 heterocycles. The second kappa shape index (κ2) is 8.74. The van der Waals surface area contributed by atoms with Gasteiger partial charge >= 0.3 is 0 Å². The number of Topliss-reactive ketones (excluding diaryl/α,β-unsaturated/α-hetero) is 1. The maximum Gasteiger partial charge on any atom is 0.184 e. The number of benzene rings is 2. The highest BCUT2D eigenvalue weighted by Crippen LogP contribution is 2.27. The summed E-state index contributed by atoms with van der Waals surface area (Å²) in [7, 11) is 0. The Kier molecular flexibility index (Phi) is 5.90. The number of nitriles is 1. The first-order chi connectivity index (χ1) is 14.2. The van der Waals surface area contributed by atoms with Gasteiger partial charge in [-0.1, -0.05) is 59.5 Å². The molecule has 0 atom stereocenters. The van der Waals surface area contributed by atoms with Gasteiger partial charge in [-0.05, 0) is 30.4 Å². The number of rotatable bonds is 7. The van der Waals surface area contributed by atoms with Gasteiger partial charge in [0.2, 0.25) is 0 Å². The van der Waals surface area contributed by atoms with Crippen LogP contribution in [-0.4, -0.2) is 25.9 Å². The molecule has 8 heteroatoms. The van der Waals surface area contributed by atoms with Crippen molar-refractivity contribution in [2.24, 2.45) is 0 Å². The monoisotopic (exact) mass is 436 g/mol. The number of carbonyl (C=O) groups excluding carboxylic acids is 1. The molecule has 0 aliphatic carbocycles. The van der Waals surface area contributed by atoms with Crippen LogP contribution in [0.4, 0.5) is 0 Å². The molecule has 0 radical (unpaired) electrons. The first-order valence-electron chi connectivity index (χ1n) is 8.94. The highest BCUT2D eigenvalue weighted by atomic mass is 32.2. The van der Waals surface area contributed by atoms with Crippen molar-refractivity contribution in [1.29, 1.82) is 5.26 Å². The van der Waals surface area contributed by atoms with Crippen LogP contribution in [0.25, 0.3) is 16.6 Å². The molecular formula is C21H16N4OS3. The van der Waals surface area contributed by atoms with Gasteiger partial charge in [0.15, 0.2) is 14.1 Å². The van der Waals surface area contributed by atoms with Gasteiger partial charge in [0.1, 0.15) is 0 Å². The first-order valence-corrected chi connectivity index (χ1v) is 11.1. The molecule has 0 fully saturated rings. The molecule has 4 rings (SSSR count). The van der Waals surface area contributed by atoms with Crippen LogP contribution < -0.4 is 0 Å². The van der Waals surface area contributed by atoms with E-state index in [1.165, 1.54) is 23.1 Å². The van der Waals surface area contributed by atoms with Gasteiger partial charge in [-0.25, -0.2) is 4.68 Å². The summed E-state index contributed by atoms with van der Waals surface area (Å²) in [6.07, 6.45) is 2.26. The number of thioether (sulfide) groups is 1. The van der Waals surface area contributed by atoms with Crippen molar-refractivity contribution in [2.45, 2.75) is 17.3 Å². The molecule has 0 saturated heterocycles. The number of carbonyl (C=O) groups is 1. The lowest BCUT2D eigenvalue weighted by Gasteiger charge is -2.00. The van der Waals surface area contributed by atoms with E-state index in [2.05, 4.69) is 11.2 Å². The van der Waals surface area contributed by atoms with Crippen molar-refractivity contribution in [3.05, 3.63) is 70.3 Å². The molecule has 144 valence electrons. The fraction of sp³-hybridized carbons (Fsp3) is 0.143. The Bertz CT molecular complexity index is 1260. The first kappa shape index (κ1) is 19.6. The third-order valence-corrected chi connectivity index (χ3v) is 6.78. The predicted octanol–water partition coefficient (Wildman–Crippen LogP) is 5.51. The van der Waals surface area contributed by atoms with Gasteiger partial charge in [-0.15, -0.1) is 5.10 Å². The third kappa shape index (κ3) is 4.17. The van der Waals surface area contributed by atoms with Gasteiger partial charge in [-0.3, -0.25) is 4.79 Å². The highest BCUT2D eigenvalue weighted by Gasteiger charge is 2.16. The van der Waals surface area contributed by atoms with Gasteiger partial charge < -0.3 is 4.57 Å². The predicted molar refractivity (Wildman–Crippen MR) is 119 cm³/mol. The molecule has 29 heavy (non-hydrogen) atoms. The van der Waals surface area contributed by atoms with E-state index >= 15 is 0 Å². The Labute approximate surface area is 181 Å². The summed E-state index contributed by atoms with van der Waals surface area (Å²) in [6.45, 7) is 0.570. The topological polar surface area (TPSA) is 63.6 Å². The summed E-state index contributed by atoms with van der Waals surface area (Å²) in [6, 6.07) is 19.7. The zero-order valence-electron chi connectivity index (χ0n) is 15.3. The second-order valence-corrected chi connectivity index (χ2v) is 9.10. The number of fused-ring (bicyclic) bond motifs is 1. The molecular weight excluding hydrogens is 420 g/mol. The Morgan fingerprint density at radius 1 is 1.17 bits per heavy atom. The van der Waals surface area contributed by atoms with Crippen LogP contribution in [0.1, 0.15) is 16.8 Å². The fourth-order valence-electron chi connectivity index (χ4n) is 3.08. The number of aryl methyl sites for hydroxylation is 1. The second-order valence-electron chi connectivity index (χ2n) is 6.25. The van der Waals surface area contributed by atoms with E-state index in [-0.39, 0.29) is 11.5 Å². The average Bonchev–Trinajstić information content (AvgIpc) is 3.31. The van der Waals surface area contributed by atoms with Gasteiger partial charge in [-0.2, -0.15) is 5.26 Å². The van der Waals surface area contributed by atoms with E-state index < -0.39 is 0 Å². The number of para-hydroxylation sites is 2. The summed E-state index contributed by atoms with van der Waals surface area (Å²) >= 11 is 8.23. The summed E-state index contributed by atoms with van der Waals surface area (Å²) < 4.78 is 5.12. The minimum Gasteiger partial charge on any atom is -0.346 e. The molecule has 5 nitrogen and oxygen atoms in total. The maximum atomic E-state index is 12.9. The zero-order chi connectivity index (χ0) is 20.2. The van der Waals surface area contributed by atoms with E-state index in [9.17, 15) is 4.79 Å². The van der Waals surface area contributed by atoms with Crippen LogP contribution >= 0.6 is 35.3 Å². The molecule has 0 aliphatic heterocycles. The van der Waals surface area contributed by atoms with E-state index in [0.717, 1.165) is 20.9 Å². The Balaban J connectivity index is 1.54. The Morgan fingerprint density at radius 2 is 1.93 bits per heavy atom. The molecule has 0 spiro atoms. The van der Waals surface area contributed by atoms with Crippen molar-refractivity contribution in [3.8, 4) is 11.8 Å². The standard InChI is InChI=1S/C21H16N4OS3/c22-11-6-12-24-13-17(16-9-4-5-10-18(16)24)19(26)14-28-20-23-25(21(27)29-20)15-7-2-1-3-8-15/h1-5,7-10,13H,6,12,14H2. The molecule has 0 unspecified atom stereocenters. The van der Waals surface area contributed by atoms with Crippen LogP contribution in [0.2, 0.25) is 0 Å². The summed E-state index contributed by atoms with van der Waals surface area (Å²) in [4.78, 5) is 12.9. The van der Waals surface area contributed by atoms with Crippen LogP contribution in [0.5, 0.6) is 0 Å². The summed E-state index contributed by atoms with van der Waals surface area (Å²) in [5, 5.41) is 14.4. The van der Waals surface area contributed by atoms with E-state index in [1.54, 1.807) is 4.68 Å². The normalized spacial score (nSPS) is 10.9. The van der Waals surface area contributed by atoms with E-state index in [4.69, 9.17) is 17.5 Å². The average molecular weight is 437 g/mol. The van der Waals surface area contributed by atoms with Gasteiger partial charge in [0.25, 0.3) is 0 Å². The molecule has 4 aromatic rings. The smallest absolute Gasteiger partial charge is 0.184 e. The van der Waals surface area contributed by atoms with Gasteiger partial charge in [0.05, 0.1) is 23.9 Å². The van der Waals surface area contributed by atoms with Crippen molar-refractivity contribution >= 4 is 52.0 Å². The fourth-order valence-corrected chi connectivity index (χ4v) is 5.33. The number of hydrogen-bond acceptors (Lipinski definition) is 6. The Morgan fingerprint density at radius 3 is 2.72 bits per heavy atom. The minimum atomic E-state index is 0.0364. The zero-order valence-corrected chi connectivity index (χ0v) is 17.8. The molecule has 2 aromatic carbocycles. The van der Waals surface area contributed by atoms with Crippen LogP contribution in [-0.2, 0) is 6.54 Å². The van der Waals surface area contributed by atoms with Crippen LogP contribution in [0.15, 0.2) is 65.1 Å². The number of nitrogens with zero attached hydrogens (tertiary/aromatic N) is 4. The largest absolute Gasteiger partial charge is 0.346 e. The minimum absolute atomic E-state index is 0.0364. The lowest BCUT2D eigenvalue weighted by atomic mass is 10.1. The molecule has 2 aromatic heterocycles. The highest BCUT2D eigenvalue weighted by molar-refractivity contribution is 8.01. The van der Waals surface area contributed by atoms with Crippen molar-refractivity contribution in [3.63, 3.8) is 0 Å². The van der Waals surface area contributed by atoms with Crippen molar-refractivity contribution in [1.82, 2.24) is 14.3 Å². The number of hydrogen-bond donors (Lipinski definition) is 0. The van der Waals surface area contributed by atoms with Crippen molar-refractivity contribution in [2.75, 3.05) is 5.75 Å². The van der Waals surface area contributed by atoms with E-state index in [1.807, 2.05) is 65.4 Å². The number of ketones is 1. The molecule has 0 bridgehead atoms. The third-order valence-electron chi connectivity index (χ3n) is 4.41. The van der Waals surface area contributed by atoms with Crippen molar-refractivity contribution < 1.29 is 4.79 Å². The lowest BCUT2D eigenvalue weighted by molar-refractivity contribution is 0.102. The molecule has 0 aliphatic rings. The SMILES string of the molecule is N#CCCn1cc(C(=O)CSc2nn(-c3ccccc3)c(=S)s2)c2ccccc21. The number of aromatic nitrogens is 3. The maximum absolute atomic E-state index is 12.9. The quantitative estimate of drug-likeness (QED) is 0.217. The van der Waals surface area contributed by atoms with Crippen LogP contribution in [0, 0.1) is 15.3 Å². The molecule has 0 amide bonds. The Hall–Kier alpha value is -2.73. The van der Waals surface area contributed by atoms with E-state index in [0.29, 0.717) is 22.5 Å².